The number of pyridine rings is 1. The first-order chi connectivity index (χ1) is 24.9. The van der Waals surface area contributed by atoms with Crippen LogP contribution in [0.4, 0.5) is 4.79 Å². The minimum atomic E-state index is -0.994. The number of carbonyl (C=O) groups excluding carboxylic acids is 4. The minimum absolute atomic E-state index is 0.0272. The number of amides is 4. The summed E-state index contributed by atoms with van der Waals surface area (Å²) in [5.41, 5.74) is 3.42. The van der Waals surface area contributed by atoms with Gasteiger partial charge in [-0.1, -0.05) is 45.0 Å². The maximum absolute atomic E-state index is 13.9. The normalized spacial score (nSPS) is 20.5. The number of aliphatic hydroxyl groups excluding tert-OH is 1. The van der Waals surface area contributed by atoms with E-state index in [-0.39, 0.29) is 44.2 Å². The predicted molar refractivity (Wildman–Crippen MR) is 198 cm³/mol. The molecule has 53 heavy (non-hydrogen) atoms. The van der Waals surface area contributed by atoms with Gasteiger partial charge >= 0.3 is 6.09 Å². The number of alkyl carbamates (subject to hydrolysis) is 1. The summed E-state index contributed by atoms with van der Waals surface area (Å²) >= 11 is 1.57. The van der Waals surface area contributed by atoms with Gasteiger partial charge in [-0.15, -0.1) is 11.3 Å². The molecule has 286 valence electrons. The van der Waals surface area contributed by atoms with Crippen LogP contribution < -0.4 is 25.4 Å². The van der Waals surface area contributed by atoms with E-state index in [9.17, 15) is 24.3 Å². The number of likely N-dealkylation sites (tertiary alicyclic amines) is 1. The zero-order valence-corrected chi connectivity index (χ0v) is 32.1. The van der Waals surface area contributed by atoms with Gasteiger partial charge in [0.15, 0.2) is 6.61 Å². The lowest BCUT2D eigenvalue weighted by molar-refractivity contribution is -0.144. The van der Waals surface area contributed by atoms with Crippen molar-refractivity contribution in [3.63, 3.8) is 0 Å². The molecule has 0 bridgehead atoms. The van der Waals surface area contributed by atoms with Crippen molar-refractivity contribution in [3.05, 3.63) is 59.4 Å². The van der Waals surface area contributed by atoms with E-state index in [1.54, 1.807) is 23.5 Å². The van der Waals surface area contributed by atoms with Crippen molar-refractivity contribution in [3.8, 4) is 22.1 Å². The molecule has 0 spiro atoms. The van der Waals surface area contributed by atoms with Crippen molar-refractivity contribution in [1.29, 1.82) is 0 Å². The number of carbonyl (C=O) groups is 4. The lowest BCUT2D eigenvalue weighted by atomic mass is 9.85. The summed E-state index contributed by atoms with van der Waals surface area (Å²) in [5.74, 6) is -0.665. The third-order valence-corrected chi connectivity index (χ3v) is 9.87. The Morgan fingerprint density at radius 1 is 1.00 bits per heavy atom. The molecule has 1 aliphatic carbocycles. The molecule has 2 fully saturated rings. The third-order valence-electron chi connectivity index (χ3n) is 8.89. The molecule has 0 radical (unpaired) electrons. The largest absolute Gasteiger partial charge is 0.482 e. The van der Waals surface area contributed by atoms with E-state index in [0.717, 1.165) is 21.7 Å². The fourth-order valence-electron chi connectivity index (χ4n) is 6.08. The van der Waals surface area contributed by atoms with E-state index in [0.29, 0.717) is 24.5 Å². The molecule has 14 nitrogen and oxygen atoms in total. The number of aliphatic hydroxyl groups is 1. The van der Waals surface area contributed by atoms with Gasteiger partial charge in [0, 0.05) is 44.5 Å². The summed E-state index contributed by atoms with van der Waals surface area (Å²) in [6, 6.07) is 9.18. The maximum atomic E-state index is 13.9. The van der Waals surface area contributed by atoms with E-state index in [1.807, 2.05) is 78.2 Å². The second kappa shape index (κ2) is 16.5. The maximum Gasteiger partial charge on any atom is 0.407 e. The van der Waals surface area contributed by atoms with Crippen molar-refractivity contribution >= 4 is 35.2 Å². The SMILES string of the molecule is Cc1ncsc1-c1ccc(CNC(=O)[C@@H]2C[C@@H](O)CN2C(=O)[C@@H](NC(=O)COc2ccc(O[C@H]3C[C@@H](NC(=O)OC(C)(C)C)C3)nc2)C(C)(C)C)cc1. The number of rotatable bonds is 12. The van der Waals surface area contributed by atoms with Gasteiger partial charge in [-0.2, -0.15) is 0 Å². The highest BCUT2D eigenvalue weighted by Crippen LogP contribution is 2.29. The van der Waals surface area contributed by atoms with E-state index >= 15 is 0 Å². The number of thiazole rings is 1. The number of hydrogen-bond acceptors (Lipinski definition) is 11. The van der Waals surface area contributed by atoms with Crippen molar-refractivity contribution in [2.75, 3.05) is 13.2 Å². The summed E-state index contributed by atoms with van der Waals surface area (Å²) in [7, 11) is 0. The molecule has 3 aromatic rings. The van der Waals surface area contributed by atoms with Crippen LogP contribution in [0.2, 0.25) is 0 Å². The Balaban J connectivity index is 1.09. The number of nitrogens with zero attached hydrogens (tertiary/aromatic N) is 3. The molecule has 1 aliphatic heterocycles. The van der Waals surface area contributed by atoms with Crippen LogP contribution in [-0.2, 0) is 25.7 Å². The Hall–Kier alpha value is -4.76. The molecule has 1 saturated heterocycles. The van der Waals surface area contributed by atoms with Crippen LogP contribution in [0.5, 0.6) is 11.6 Å². The van der Waals surface area contributed by atoms with Crippen LogP contribution >= 0.6 is 11.3 Å². The van der Waals surface area contributed by atoms with Gasteiger partial charge in [-0.05, 0) is 50.3 Å². The molecular weight excluding hydrogens is 701 g/mol. The Bertz CT molecular complexity index is 1750. The molecule has 15 heteroatoms. The van der Waals surface area contributed by atoms with E-state index in [4.69, 9.17) is 14.2 Å². The van der Waals surface area contributed by atoms with Crippen molar-refractivity contribution in [2.24, 2.45) is 5.41 Å². The van der Waals surface area contributed by atoms with Crippen LogP contribution in [0.1, 0.15) is 72.1 Å². The fraction of sp³-hybridized carbons (Fsp3) is 0.526. The van der Waals surface area contributed by atoms with E-state index in [1.165, 1.54) is 11.1 Å². The van der Waals surface area contributed by atoms with Crippen LogP contribution in [0, 0.1) is 12.3 Å². The van der Waals surface area contributed by atoms with Gasteiger partial charge in [0.05, 0.1) is 28.4 Å². The van der Waals surface area contributed by atoms with Crippen LogP contribution in [0.3, 0.4) is 0 Å². The van der Waals surface area contributed by atoms with Gasteiger partial charge in [0.2, 0.25) is 17.7 Å². The fourth-order valence-corrected chi connectivity index (χ4v) is 6.89. The van der Waals surface area contributed by atoms with Crippen molar-refractivity contribution < 1.29 is 38.5 Å². The Labute approximate surface area is 314 Å². The number of hydrogen-bond donors (Lipinski definition) is 4. The number of benzene rings is 1. The molecule has 2 aromatic heterocycles. The smallest absolute Gasteiger partial charge is 0.407 e. The molecule has 3 heterocycles. The standard InChI is InChI=1S/C38H50N6O8S/c1-22-32(53-21-41-22)24-10-8-23(9-11-24)17-40-34(47)29-16-26(45)19-44(29)35(48)33(37(2,3)4)43-30(46)20-50-27-12-13-31(39-18-27)51-28-14-25(15-28)42-36(49)52-38(5,6)7/h8-13,18,21,25-26,28-29,33,45H,14-17,19-20H2,1-7H3,(H,40,47)(H,42,49)(H,43,46)/t25-,26-,28+,29+,33-/m1/s1. The molecule has 1 aromatic carbocycles. The number of aromatic nitrogens is 2. The molecule has 3 atom stereocenters. The second-order valence-corrected chi connectivity index (χ2v) is 16.5. The summed E-state index contributed by atoms with van der Waals surface area (Å²) in [6.07, 6.45) is 1.33. The average molecular weight is 751 g/mol. The quantitative estimate of drug-likeness (QED) is 0.210. The first-order valence-corrected chi connectivity index (χ1v) is 18.6. The molecule has 5 rings (SSSR count). The van der Waals surface area contributed by atoms with Crippen LogP contribution in [0.15, 0.2) is 48.1 Å². The lowest BCUT2D eigenvalue weighted by Crippen LogP contribution is -2.58. The van der Waals surface area contributed by atoms with Crippen molar-refractivity contribution in [2.45, 2.75) is 110 Å². The molecule has 0 unspecified atom stereocenters. The first-order valence-electron chi connectivity index (χ1n) is 17.7. The molecule has 4 amide bonds. The van der Waals surface area contributed by atoms with Crippen LogP contribution in [0.25, 0.3) is 10.4 Å². The summed E-state index contributed by atoms with van der Waals surface area (Å²) in [5, 5.41) is 19.0. The van der Waals surface area contributed by atoms with Gasteiger partial charge < -0.3 is 40.2 Å². The van der Waals surface area contributed by atoms with Gasteiger partial charge in [-0.3, -0.25) is 14.4 Å². The number of aryl methyl sites for hydroxylation is 1. The Morgan fingerprint density at radius 2 is 1.72 bits per heavy atom. The zero-order chi connectivity index (χ0) is 38.5. The van der Waals surface area contributed by atoms with Gasteiger partial charge in [-0.25, -0.2) is 14.8 Å². The first kappa shape index (κ1) is 39.4. The Morgan fingerprint density at radius 3 is 2.32 bits per heavy atom. The average Bonchev–Trinajstić information content (AvgIpc) is 3.68. The van der Waals surface area contributed by atoms with E-state index in [2.05, 4.69) is 25.9 Å². The van der Waals surface area contributed by atoms with Gasteiger partial charge in [0.1, 0.15) is 29.5 Å². The minimum Gasteiger partial charge on any atom is -0.482 e. The highest BCUT2D eigenvalue weighted by atomic mass is 32.1. The zero-order valence-electron chi connectivity index (χ0n) is 31.3. The lowest BCUT2D eigenvalue weighted by Gasteiger charge is -2.35. The Kier molecular flexibility index (Phi) is 12.3. The molecule has 2 aliphatic rings. The highest BCUT2D eigenvalue weighted by Gasteiger charge is 2.44. The summed E-state index contributed by atoms with van der Waals surface area (Å²) in [6.45, 7) is 12.7. The molecular formula is C38H50N6O8S. The summed E-state index contributed by atoms with van der Waals surface area (Å²) in [4.78, 5) is 63.3. The van der Waals surface area contributed by atoms with E-state index < -0.39 is 47.1 Å². The molecule has 1 saturated carbocycles. The summed E-state index contributed by atoms with van der Waals surface area (Å²) < 4.78 is 16.8. The van der Waals surface area contributed by atoms with Gasteiger partial charge in [0.25, 0.3) is 5.91 Å². The molecule has 4 N–H and O–H groups in total. The number of β-amino-alcohol motifs (C(OH)–C–C–N with tert-alkyl or cyclic N) is 1. The number of nitrogens with one attached hydrogen (secondary N) is 3. The van der Waals surface area contributed by atoms with Crippen molar-refractivity contribution in [1.82, 2.24) is 30.8 Å². The topological polar surface area (TPSA) is 181 Å². The van der Waals surface area contributed by atoms with Crippen LogP contribution in [-0.4, -0.2) is 92.9 Å². The predicted octanol–water partition coefficient (Wildman–Crippen LogP) is 4.14. The monoisotopic (exact) mass is 750 g/mol. The highest BCUT2D eigenvalue weighted by molar-refractivity contribution is 7.13. The second-order valence-electron chi connectivity index (χ2n) is 15.6. The third kappa shape index (κ3) is 10.9. The number of ether oxygens (including phenoxy) is 3.